The van der Waals surface area contributed by atoms with Gasteiger partial charge in [-0.15, -0.1) is 0 Å². The van der Waals surface area contributed by atoms with E-state index in [4.69, 9.17) is 4.74 Å². The van der Waals surface area contributed by atoms with Crippen molar-refractivity contribution in [3.8, 4) is 5.75 Å². The summed E-state index contributed by atoms with van der Waals surface area (Å²) in [5, 5.41) is 0. The van der Waals surface area contributed by atoms with E-state index in [9.17, 15) is 17.8 Å². The van der Waals surface area contributed by atoms with Crippen LogP contribution in [0.25, 0.3) is 0 Å². The summed E-state index contributed by atoms with van der Waals surface area (Å²) in [6.45, 7) is 0. The number of esters is 1. The lowest BCUT2D eigenvalue weighted by molar-refractivity contribution is 0.0732. The van der Waals surface area contributed by atoms with Gasteiger partial charge in [0.15, 0.2) is 0 Å². The van der Waals surface area contributed by atoms with Crippen molar-refractivity contribution in [3.05, 3.63) is 50.2 Å². The van der Waals surface area contributed by atoms with Crippen LogP contribution in [0.4, 0.5) is 0 Å². The van der Waals surface area contributed by atoms with Crippen LogP contribution in [0.1, 0.15) is 10.4 Å². The van der Waals surface area contributed by atoms with Crippen LogP contribution in [-0.4, -0.2) is 18.9 Å². The maximum atomic E-state index is 12.4. The third kappa shape index (κ3) is 5.11. The topological polar surface area (TPSA) is 83.5 Å². The Morgan fingerprint density at radius 2 is 1.65 bits per heavy atom. The zero-order chi connectivity index (χ0) is 17.4. The van der Waals surface area contributed by atoms with Crippen molar-refractivity contribution < 1.29 is 22.5 Å². The van der Waals surface area contributed by atoms with Crippen molar-refractivity contribution in [1.29, 1.82) is 0 Å². The molecule has 0 spiro atoms. The maximum Gasteiger partial charge on any atom is 0.344 e. The SMILES string of the molecule is O=C(Oc1ccc(S(=O)(=O)[O-])cc1I)c1cc(I)cc(I)c1I. The van der Waals surface area contributed by atoms with E-state index in [1.54, 1.807) is 6.07 Å². The molecule has 23 heavy (non-hydrogen) atoms. The van der Waals surface area contributed by atoms with E-state index < -0.39 is 16.1 Å². The van der Waals surface area contributed by atoms with Crippen molar-refractivity contribution >= 4 is 106 Å². The van der Waals surface area contributed by atoms with Crippen LogP contribution in [0, 0.1) is 14.3 Å². The van der Waals surface area contributed by atoms with Gasteiger partial charge in [-0.2, -0.15) is 0 Å². The zero-order valence-electron chi connectivity index (χ0n) is 10.8. The Balaban J connectivity index is 2.35. The van der Waals surface area contributed by atoms with Crippen molar-refractivity contribution in [2.24, 2.45) is 0 Å². The van der Waals surface area contributed by atoms with E-state index in [1.165, 1.54) is 12.1 Å². The highest BCUT2D eigenvalue weighted by Crippen LogP contribution is 2.27. The van der Waals surface area contributed by atoms with Crippen LogP contribution in [0.15, 0.2) is 35.2 Å². The Kier molecular flexibility index (Phi) is 6.94. The monoisotopic (exact) mass is 781 g/mol. The fourth-order valence-electron chi connectivity index (χ4n) is 1.58. The van der Waals surface area contributed by atoms with E-state index >= 15 is 0 Å². The molecule has 0 atom stereocenters. The Hall–Kier alpha value is 0.740. The highest BCUT2D eigenvalue weighted by Gasteiger charge is 2.17. The van der Waals surface area contributed by atoms with E-state index in [-0.39, 0.29) is 10.6 Å². The highest BCUT2D eigenvalue weighted by molar-refractivity contribution is 14.1. The molecule has 0 saturated carbocycles. The Labute approximate surface area is 187 Å². The molecule has 0 aliphatic rings. The third-order valence-electron chi connectivity index (χ3n) is 2.61. The molecule has 0 amide bonds. The predicted molar refractivity (Wildman–Crippen MR) is 117 cm³/mol. The molecule has 0 fully saturated rings. The average Bonchev–Trinajstić information content (AvgIpc) is 2.43. The molecule has 2 aromatic carbocycles. The molecule has 0 saturated heterocycles. The summed E-state index contributed by atoms with van der Waals surface area (Å²) < 4.78 is 41.3. The number of hydrogen-bond donors (Lipinski definition) is 0. The fourth-order valence-corrected chi connectivity index (χ4v) is 5.29. The molecule has 0 unspecified atom stereocenters. The normalized spacial score (nSPS) is 11.3. The highest BCUT2D eigenvalue weighted by atomic mass is 127. The van der Waals surface area contributed by atoms with Gasteiger partial charge in [-0.3, -0.25) is 0 Å². The molecule has 0 bridgehead atoms. The van der Waals surface area contributed by atoms with Crippen molar-refractivity contribution in [1.82, 2.24) is 0 Å². The minimum absolute atomic E-state index is 0.202. The molecular formula is C13H5I4O5S-. The van der Waals surface area contributed by atoms with Crippen molar-refractivity contribution in [2.75, 3.05) is 0 Å². The van der Waals surface area contributed by atoms with Gasteiger partial charge >= 0.3 is 5.97 Å². The number of hydrogen-bond acceptors (Lipinski definition) is 5. The van der Waals surface area contributed by atoms with Gasteiger partial charge in [0, 0.05) is 10.7 Å². The van der Waals surface area contributed by atoms with Crippen LogP contribution in [-0.2, 0) is 10.1 Å². The Morgan fingerprint density at radius 1 is 1.00 bits per heavy atom. The summed E-state index contributed by atoms with van der Waals surface area (Å²) in [5.41, 5.74) is 0.429. The summed E-state index contributed by atoms with van der Waals surface area (Å²) >= 11 is 8.13. The number of halogens is 4. The summed E-state index contributed by atoms with van der Waals surface area (Å²) in [6, 6.07) is 7.26. The van der Waals surface area contributed by atoms with Gasteiger partial charge in [0.25, 0.3) is 0 Å². The van der Waals surface area contributed by atoms with E-state index in [2.05, 4.69) is 67.8 Å². The first-order chi connectivity index (χ1) is 10.6. The molecule has 122 valence electrons. The lowest BCUT2D eigenvalue weighted by atomic mass is 10.2. The minimum atomic E-state index is -4.54. The summed E-state index contributed by atoms with van der Waals surface area (Å²) in [7, 11) is -4.54. The molecule has 2 rings (SSSR count). The van der Waals surface area contributed by atoms with Gasteiger partial charge in [0.1, 0.15) is 15.9 Å². The first-order valence-corrected chi connectivity index (χ1v) is 11.4. The van der Waals surface area contributed by atoms with Crippen LogP contribution in [0.2, 0.25) is 0 Å². The number of carbonyl (C=O) groups is 1. The Bertz CT molecular complexity index is 895. The molecule has 0 heterocycles. The third-order valence-corrected chi connectivity index (χ3v) is 7.95. The first-order valence-electron chi connectivity index (χ1n) is 5.72. The summed E-state index contributed by atoms with van der Waals surface area (Å²) in [6.07, 6.45) is 0. The lowest BCUT2D eigenvalue weighted by Crippen LogP contribution is -2.12. The molecule has 10 heteroatoms. The second kappa shape index (κ2) is 7.96. The van der Waals surface area contributed by atoms with Crippen molar-refractivity contribution in [3.63, 3.8) is 0 Å². The quantitative estimate of drug-likeness (QED) is 0.153. The van der Waals surface area contributed by atoms with Gasteiger partial charge in [-0.1, -0.05) is 0 Å². The molecular weight excluding hydrogens is 776 g/mol. The van der Waals surface area contributed by atoms with Gasteiger partial charge < -0.3 is 9.29 Å². The van der Waals surface area contributed by atoms with E-state index in [0.717, 1.165) is 16.8 Å². The number of carbonyl (C=O) groups excluding carboxylic acids is 1. The fraction of sp³-hybridized carbons (Fsp3) is 0. The summed E-state index contributed by atoms with van der Waals surface area (Å²) in [5.74, 6) is -0.339. The molecule has 0 N–H and O–H groups in total. The lowest BCUT2D eigenvalue weighted by Gasteiger charge is -2.12. The molecule has 0 aromatic heterocycles. The zero-order valence-corrected chi connectivity index (χ0v) is 20.3. The van der Waals surface area contributed by atoms with Crippen molar-refractivity contribution in [2.45, 2.75) is 4.90 Å². The van der Waals surface area contributed by atoms with Gasteiger partial charge in [0.05, 0.1) is 14.0 Å². The van der Waals surface area contributed by atoms with Crippen LogP contribution < -0.4 is 4.74 Å². The van der Waals surface area contributed by atoms with Gasteiger partial charge in [0.2, 0.25) is 0 Å². The number of rotatable bonds is 3. The summed E-state index contributed by atoms with van der Waals surface area (Å²) in [4.78, 5) is 12.0. The predicted octanol–water partition coefficient (Wildman–Crippen LogP) is 4.23. The standard InChI is InChI=1S/C13H6I4O5S/c14-6-3-8(12(17)10(16)4-6)13(18)22-11-2-1-7(5-9(11)15)23(19,20)21/h1-5H,(H,19,20,21)/p-1. The van der Waals surface area contributed by atoms with Gasteiger partial charge in [-0.05, 0) is 121 Å². The average molecular weight is 781 g/mol. The van der Waals surface area contributed by atoms with E-state index in [1.807, 2.05) is 28.7 Å². The molecule has 0 radical (unpaired) electrons. The molecule has 0 aliphatic heterocycles. The van der Waals surface area contributed by atoms with E-state index in [0.29, 0.717) is 9.13 Å². The molecule has 5 nitrogen and oxygen atoms in total. The minimum Gasteiger partial charge on any atom is -0.744 e. The van der Waals surface area contributed by atoms with Gasteiger partial charge in [-0.25, -0.2) is 13.2 Å². The second-order valence-electron chi connectivity index (χ2n) is 4.19. The second-order valence-corrected chi connectivity index (χ2v) is 10.2. The molecule has 2 aromatic rings. The van der Waals surface area contributed by atoms with Crippen LogP contribution >= 0.6 is 90.4 Å². The Morgan fingerprint density at radius 3 is 2.22 bits per heavy atom. The number of ether oxygens (including phenoxy) is 1. The first kappa shape index (κ1) is 20.1. The largest absolute Gasteiger partial charge is 0.744 e. The number of benzene rings is 2. The maximum absolute atomic E-state index is 12.4. The van der Waals surface area contributed by atoms with Crippen LogP contribution in [0.5, 0.6) is 5.75 Å². The molecule has 0 aliphatic carbocycles. The smallest absolute Gasteiger partial charge is 0.344 e. The van der Waals surface area contributed by atoms with Crippen LogP contribution in [0.3, 0.4) is 0 Å².